The molecule has 3 heterocycles. The van der Waals surface area contributed by atoms with Crippen LogP contribution in [0, 0.1) is 0 Å². The van der Waals surface area contributed by atoms with E-state index in [0.29, 0.717) is 37.2 Å². The van der Waals surface area contributed by atoms with E-state index < -0.39 is 10.0 Å². The summed E-state index contributed by atoms with van der Waals surface area (Å²) in [6.07, 6.45) is 3.20. The summed E-state index contributed by atoms with van der Waals surface area (Å²) in [7, 11) is -3.52. The molecule has 34 heavy (non-hydrogen) atoms. The first-order valence-electron chi connectivity index (χ1n) is 11.4. The fourth-order valence-electron chi connectivity index (χ4n) is 4.70. The molecule has 3 amide bonds. The van der Waals surface area contributed by atoms with Gasteiger partial charge in [0, 0.05) is 30.9 Å². The fraction of sp³-hybridized carbons (Fsp3) is 0.375. The minimum absolute atomic E-state index is 0.139. The number of rotatable bonds is 5. The highest BCUT2D eigenvalue weighted by Crippen LogP contribution is 2.32. The minimum atomic E-state index is -3.52. The third kappa shape index (κ3) is 4.25. The molecule has 2 fully saturated rings. The van der Waals surface area contributed by atoms with Crippen LogP contribution in [-0.2, 0) is 27.8 Å². The van der Waals surface area contributed by atoms with Gasteiger partial charge in [0.2, 0.25) is 15.9 Å². The number of sulfonamides is 1. The van der Waals surface area contributed by atoms with Gasteiger partial charge in [0.1, 0.15) is 0 Å². The number of imide groups is 1. The molecule has 0 spiro atoms. The quantitative estimate of drug-likeness (QED) is 0.627. The van der Waals surface area contributed by atoms with Crippen molar-refractivity contribution in [2.75, 3.05) is 30.3 Å². The Kier molecular flexibility index (Phi) is 6.22. The number of hydrogen-bond acceptors (Lipinski definition) is 6. The molecule has 3 aliphatic rings. The van der Waals surface area contributed by atoms with Crippen molar-refractivity contribution >= 4 is 44.5 Å². The second-order valence-electron chi connectivity index (χ2n) is 8.70. The summed E-state index contributed by atoms with van der Waals surface area (Å²) in [5.74, 6) is -0.264. The number of fused-ring (bicyclic) bond motifs is 1. The van der Waals surface area contributed by atoms with Gasteiger partial charge in [-0.05, 0) is 67.1 Å². The number of benzene rings is 2. The summed E-state index contributed by atoms with van der Waals surface area (Å²) < 4.78 is 27.5. The summed E-state index contributed by atoms with van der Waals surface area (Å²) in [6, 6.07) is 12.0. The molecular formula is C24H25N3O5S2. The molecule has 0 bridgehead atoms. The van der Waals surface area contributed by atoms with Crippen molar-refractivity contribution < 1.29 is 22.8 Å². The molecule has 0 radical (unpaired) electrons. The molecule has 0 atom stereocenters. The minimum Gasteiger partial charge on any atom is -0.308 e. The highest BCUT2D eigenvalue weighted by atomic mass is 32.2. The van der Waals surface area contributed by atoms with Gasteiger partial charge in [0.05, 0.1) is 17.2 Å². The molecule has 0 unspecified atom stereocenters. The number of nitrogens with zero attached hydrogens (tertiary/aromatic N) is 3. The topological polar surface area (TPSA) is 95.1 Å². The van der Waals surface area contributed by atoms with Crippen molar-refractivity contribution in [3.63, 3.8) is 0 Å². The highest BCUT2D eigenvalue weighted by Gasteiger charge is 2.31. The SMILES string of the molecule is O=C1CSC(=O)N1Cc1cccc(C(=O)N2CCCc3cc(S(=O)(=O)N4CCCC4)ccc32)c1. The van der Waals surface area contributed by atoms with Crippen LogP contribution in [0.5, 0.6) is 0 Å². The number of anilines is 1. The van der Waals surface area contributed by atoms with Gasteiger partial charge in [-0.15, -0.1) is 0 Å². The maximum Gasteiger partial charge on any atom is 0.289 e. The first-order valence-corrected chi connectivity index (χ1v) is 13.8. The van der Waals surface area contributed by atoms with E-state index in [2.05, 4.69) is 0 Å². The summed E-state index contributed by atoms with van der Waals surface area (Å²) >= 11 is 0.985. The lowest BCUT2D eigenvalue weighted by Gasteiger charge is -2.30. The number of carbonyl (C=O) groups excluding carboxylic acids is 3. The molecule has 178 valence electrons. The van der Waals surface area contributed by atoms with Crippen molar-refractivity contribution in [1.82, 2.24) is 9.21 Å². The average Bonchev–Trinajstić information content (AvgIpc) is 3.50. The smallest absolute Gasteiger partial charge is 0.289 e. The van der Waals surface area contributed by atoms with E-state index in [1.807, 2.05) is 0 Å². The Morgan fingerprint density at radius 3 is 2.50 bits per heavy atom. The number of hydrogen-bond donors (Lipinski definition) is 0. The summed E-state index contributed by atoms with van der Waals surface area (Å²) in [6.45, 7) is 1.77. The van der Waals surface area contributed by atoms with E-state index in [0.717, 1.165) is 42.3 Å². The standard InChI is InChI=1S/C24H25N3O5S2/c28-22-16-33-24(30)27(22)15-17-5-3-6-19(13-17)23(29)26-12-4-7-18-14-20(8-9-21(18)26)34(31,32)25-10-1-2-11-25/h3,5-6,8-9,13-14H,1-2,4,7,10-12,15-16H2. The van der Waals surface area contributed by atoms with E-state index in [1.165, 1.54) is 9.21 Å². The number of thioether (sulfide) groups is 1. The molecule has 0 saturated carbocycles. The van der Waals surface area contributed by atoms with Gasteiger partial charge in [-0.2, -0.15) is 4.31 Å². The van der Waals surface area contributed by atoms with Crippen molar-refractivity contribution in [3.8, 4) is 0 Å². The van der Waals surface area contributed by atoms with Gasteiger partial charge >= 0.3 is 0 Å². The van der Waals surface area contributed by atoms with Crippen LogP contribution < -0.4 is 4.90 Å². The predicted molar refractivity (Wildman–Crippen MR) is 129 cm³/mol. The van der Waals surface area contributed by atoms with E-state index >= 15 is 0 Å². The predicted octanol–water partition coefficient (Wildman–Crippen LogP) is 3.26. The molecule has 0 aliphatic carbocycles. The van der Waals surface area contributed by atoms with Crippen LogP contribution in [0.4, 0.5) is 10.5 Å². The molecule has 8 nitrogen and oxygen atoms in total. The molecule has 3 aliphatic heterocycles. The molecule has 2 aromatic rings. The second-order valence-corrected chi connectivity index (χ2v) is 11.6. The monoisotopic (exact) mass is 499 g/mol. The van der Waals surface area contributed by atoms with Crippen LogP contribution in [0.1, 0.15) is 40.7 Å². The first-order chi connectivity index (χ1) is 16.3. The third-order valence-electron chi connectivity index (χ3n) is 6.47. The lowest BCUT2D eigenvalue weighted by atomic mass is 10.0. The zero-order valence-corrected chi connectivity index (χ0v) is 20.2. The van der Waals surface area contributed by atoms with Gasteiger partial charge in [0.25, 0.3) is 11.1 Å². The Morgan fingerprint density at radius 1 is 0.971 bits per heavy atom. The third-order valence-corrected chi connectivity index (χ3v) is 9.23. The zero-order chi connectivity index (χ0) is 23.9. The van der Waals surface area contributed by atoms with Gasteiger partial charge < -0.3 is 4.90 Å². The molecule has 2 saturated heterocycles. The molecule has 10 heteroatoms. The van der Waals surface area contributed by atoms with E-state index in [1.54, 1.807) is 47.4 Å². The van der Waals surface area contributed by atoms with Crippen LogP contribution in [0.2, 0.25) is 0 Å². The Balaban J connectivity index is 1.39. The Morgan fingerprint density at radius 2 is 1.76 bits per heavy atom. The number of amides is 3. The summed E-state index contributed by atoms with van der Waals surface area (Å²) in [5.41, 5.74) is 2.75. The maximum atomic E-state index is 13.4. The van der Waals surface area contributed by atoms with Crippen LogP contribution in [0.15, 0.2) is 47.4 Å². The number of aryl methyl sites for hydroxylation is 1. The van der Waals surface area contributed by atoms with Crippen molar-refractivity contribution in [2.45, 2.75) is 37.1 Å². The average molecular weight is 500 g/mol. The first kappa shape index (κ1) is 23.1. The lowest BCUT2D eigenvalue weighted by molar-refractivity contribution is -0.125. The molecule has 0 aromatic heterocycles. The lowest BCUT2D eigenvalue weighted by Crippen LogP contribution is -2.36. The van der Waals surface area contributed by atoms with Gasteiger partial charge in [-0.3, -0.25) is 19.3 Å². The van der Waals surface area contributed by atoms with Gasteiger partial charge in [-0.25, -0.2) is 8.42 Å². The van der Waals surface area contributed by atoms with Crippen molar-refractivity contribution in [2.24, 2.45) is 0 Å². The van der Waals surface area contributed by atoms with Crippen LogP contribution in [0.3, 0.4) is 0 Å². The normalized spacial score (nSPS) is 19.1. The van der Waals surface area contributed by atoms with Crippen LogP contribution in [0.25, 0.3) is 0 Å². The number of carbonyl (C=O) groups is 3. The van der Waals surface area contributed by atoms with Crippen LogP contribution >= 0.6 is 11.8 Å². The fourth-order valence-corrected chi connectivity index (χ4v) is 6.99. The molecular weight excluding hydrogens is 474 g/mol. The summed E-state index contributed by atoms with van der Waals surface area (Å²) in [4.78, 5) is 40.4. The van der Waals surface area contributed by atoms with E-state index in [-0.39, 0.29) is 34.2 Å². The van der Waals surface area contributed by atoms with E-state index in [4.69, 9.17) is 0 Å². The molecule has 0 N–H and O–H groups in total. The Bertz CT molecular complexity index is 1260. The second kappa shape index (κ2) is 9.16. The van der Waals surface area contributed by atoms with Crippen LogP contribution in [-0.4, -0.2) is 60.1 Å². The van der Waals surface area contributed by atoms with Gasteiger partial charge in [0.15, 0.2) is 0 Å². The Hall–Kier alpha value is -2.69. The van der Waals surface area contributed by atoms with Gasteiger partial charge in [-0.1, -0.05) is 23.9 Å². The Labute approximate surface area is 202 Å². The molecule has 5 rings (SSSR count). The van der Waals surface area contributed by atoms with Crippen molar-refractivity contribution in [1.29, 1.82) is 0 Å². The zero-order valence-electron chi connectivity index (χ0n) is 18.6. The van der Waals surface area contributed by atoms with E-state index in [9.17, 15) is 22.8 Å². The largest absolute Gasteiger partial charge is 0.308 e. The van der Waals surface area contributed by atoms with Crippen molar-refractivity contribution in [3.05, 3.63) is 59.2 Å². The highest BCUT2D eigenvalue weighted by molar-refractivity contribution is 8.14. The maximum absolute atomic E-state index is 13.4. The molecule has 2 aromatic carbocycles. The summed E-state index contributed by atoms with van der Waals surface area (Å²) in [5, 5.41) is -0.272.